The topological polar surface area (TPSA) is 89.8 Å². The van der Waals surface area contributed by atoms with Crippen molar-refractivity contribution in [3.05, 3.63) is 83.9 Å². The molecule has 0 saturated heterocycles. The van der Waals surface area contributed by atoms with Crippen LogP contribution in [0.3, 0.4) is 0 Å². The Balaban J connectivity index is 1.47. The third kappa shape index (κ3) is 3.55. The number of benzene rings is 3. The van der Waals surface area contributed by atoms with Crippen LogP contribution in [0.15, 0.2) is 71.1 Å². The first kappa shape index (κ1) is 18.7. The number of halogens is 1. The summed E-state index contributed by atoms with van der Waals surface area (Å²) in [4.78, 5) is 25.7. The molecular weight excluding hydrogens is 403 g/mol. The summed E-state index contributed by atoms with van der Waals surface area (Å²) in [7, 11) is 0. The number of hydrogen-bond acceptors (Lipinski definition) is 5. The van der Waals surface area contributed by atoms with Gasteiger partial charge in [-0.05, 0) is 48.5 Å². The molecule has 1 aliphatic heterocycles. The fraction of sp³-hybridized carbons (Fsp3) is 0.0435. The second-order valence-electron chi connectivity index (χ2n) is 6.79. The highest BCUT2D eigenvalue weighted by Gasteiger charge is 2.23. The average molecular weight is 418 g/mol. The van der Waals surface area contributed by atoms with Gasteiger partial charge in [0.2, 0.25) is 12.6 Å². The summed E-state index contributed by atoms with van der Waals surface area (Å²) in [6, 6.07) is 17.1. The van der Waals surface area contributed by atoms with E-state index in [4.69, 9.17) is 13.9 Å². The van der Waals surface area contributed by atoms with Gasteiger partial charge in [-0.2, -0.15) is 0 Å². The summed E-state index contributed by atoms with van der Waals surface area (Å²) in [6.45, 7) is 0.121. The van der Waals surface area contributed by atoms with E-state index < -0.39 is 17.6 Å². The molecule has 8 heteroatoms. The molecule has 1 aliphatic rings. The Bertz CT molecular complexity index is 1310. The Morgan fingerprint density at radius 3 is 2.45 bits per heavy atom. The molecule has 0 saturated carbocycles. The molecule has 0 atom stereocenters. The molecule has 2 heterocycles. The number of hydrogen-bond donors (Lipinski definition) is 2. The van der Waals surface area contributed by atoms with Gasteiger partial charge >= 0.3 is 0 Å². The van der Waals surface area contributed by atoms with Gasteiger partial charge in [-0.15, -0.1) is 0 Å². The molecule has 31 heavy (non-hydrogen) atoms. The Morgan fingerprint density at radius 1 is 0.839 bits per heavy atom. The Labute approximate surface area is 175 Å². The largest absolute Gasteiger partial charge is 0.454 e. The van der Waals surface area contributed by atoms with Crippen molar-refractivity contribution in [2.45, 2.75) is 0 Å². The number of anilines is 2. The van der Waals surface area contributed by atoms with Crippen LogP contribution in [0.25, 0.3) is 11.0 Å². The SMILES string of the molecule is O=C(Nc1c(C(=O)Nc2ccc3c(c2)OCO3)oc2ccccc12)c1ccc(F)cc1. The van der Waals surface area contributed by atoms with Crippen LogP contribution in [0.1, 0.15) is 20.9 Å². The number of fused-ring (bicyclic) bond motifs is 2. The number of nitrogens with one attached hydrogen (secondary N) is 2. The van der Waals surface area contributed by atoms with E-state index in [2.05, 4.69) is 10.6 Å². The third-order valence-corrected chi connectivity index (χ3v) is 4.78. The second-order valence-corrected chi connectivity index (χ2v) is 6.79. The lowest BCUT2D eigenvalue weighted by Gasteiger charge is -2.08. The van der Waals surface area contributed by atoms with Crippen LogP contribution in [0.2, 0.25) is 0 Å². The first-order valence-corrected chi connectivity index (χ1v) is 9.38. The quantitative estimate of drug-likeness (QED) is 0.497. The zero-order valence-corrected chi connectivity index (χ0v) is 16.0. The minimum Gasteiger partial charge on any atom is -0.454 e. The Kier molecular flexibility index (Phi) is 4.51. The van der Waals surface area contributed by atoms with E-state index in [9.17, 15) is 14.0 Å². The average Bonchev–Trinajstić information content (AvgIpc) is 3.39. The number of carbonyl (C=O) groups excluding carboxylic acids is 2. The summed E-state index contributed by atoms with van der Waals surface area (Å²) < 4.78 is 29.5. The van der Waals surface area contributed by atoms with Crippen LogP contribution in [0.4, 0.5) is 15.8 Å². The second kappa shape index (κ2) is 7.49. The molecule has 0 unspecified atom stereocenters. The minimum atomic E-state index is -0.551. The van der Waals surface area contributed by atoms with Crippen LogP contribution in [0.5, 0.6) is 11.5 Å². The van der Waals surface area contributed by atoms with Gasteiger partial charge in [0.05, 0.1) is 0 Å². The molecule has 5 rings (SSSR count). The van der Waals surface area contributed by atoms with E-state index >= 15 is 0 Å². The monoisotopic (exact) mass is 418 g/mol. The lowest BCUT2D eigenvalue weighted by molar-refractivity contribution is 0.0999. The summed E-state index contributed by atoms with van der Waals surface area (Å²) in [5.41, 5.74) is 1.38. The first-order chi connectivity index (χ1) is 15.1. The van der Waals surface area contributed by atoms with Gasteiger partial charge in [0.1, 0.15) is 17.1 Å². The fourth-order valence-corrected chi connectivity index (χ4v) is 3.28. The maximum atomic E-state index is 13.2. The van der Waals surface area contributed by atoms with Gasteiger partial charge < -0.3 is 24.5 Å². The molecule has 7 nitrogen and oxygen atoms in total. The first-order valence-electron chi connectivity index (χ1n) is 9.38. The third-order valence-electron chi connectivity index (χ3n) is 4.78. The van der Waals surface area contributed by atoms with Crippen molar-refractivity contribution in [3.63, 3.8) is 0 Å². The minimum absolute atomic E-state index is 0.0608. The molecule has 0 aliphatic carbocycles. The van der Waals surface area contributed by atoms with Crippen molar-refractivity contribution >= 4 is 34.2 Å². The molecule has 0 fully saturated rings. The molecule has 1 aromatic heterocycles. The van der Waals surface area contributed by atoms with Crippen LogP contribution >= 0.6 is 0 Å². The van der Waals surface area contributed by atoms with Crippen molar-refractivity contribution in [2.24, 2.45) is 0 Å². The summed E-state index contributed by atoms with van der Waals surface area (Å²) in [5.74, 6) is -0.446. The number of rotatable bonds is 4. The number of furan rings is 1. The van der Waals surface area contributed by atoms with E-state index in [1.54, 1.807) is 42.5 Å². The summed E-state index contributed by atoms with van der Waals surface area (Å²) >= 11 is 0. The summed E-state index contributed by atoms with van der Waals surface area (Å²) in [5, 5.41) is 6.02. The van der Waals surface area contributed by atoms with Crippen LogP contribution < -0.4 is 20.1 Å². The number of carbonyl (C=O) groups is 2. The smallest absolute Gasteiger partial charge is 0.293 e. The van der Waals surface area contributed by atoms with Gasteiger partial charge in [-0.25, -0.2) is 4.39 Å². The lowest BCUT2D eigenvalue weighted by Crippen LogP contribution is -2.17. The number of amides is 2. The van der Waals surface area contributed by atoms with Crippen molar-refractivity contribution in [1.29, 1.82) is 0 Å². The van der Waals surface area contributed by atoms with Gasteiger partial charge in [0.25, 0.3) is 11.8 Å². The highest BCUT2D eigenvalue weighted by atomic mass is 19.1. The Hall–Kier alpha value is -4.33. The zero-order chi connectivity index (χ0) is 21.4. The predicted octanol–water partition coefficient (Wildman–Crippen LogP) is 4.81. The maximum Gasteiger partial charge on any atom is 0.293 e. The fourth-order valence-electron chi connectivity index (χ4n) is 3.28. The molecule has 4 aromatic rings. The van der Waals surface area contributed by atoms with Crippen LogP contribution in [0, 0.1) is 5.82 Å². The van der Waals surface area contributed by atoms with Crippen molar-refractivity contribution in [3.8, 4) is 11.5 Å². The summed E-state index contributed by atoms with van der Waals surface area (Å²) in [6.07, 6.45) is 0. The molecule has 3 aromatic carbocycles. The van der Waals surface area contributed by atoms with E-state index in [1.165, 1.54) is 24.3 Å². The maximum absolute atomic E-state index is 13.2. The highest BCUT2D eigenvalue weighted by Crippen LogP contribution is 2.35. The molecule has 0 bridgehead atoms. The Morgan fingerprint density at radius 2 is 1.61 bits per heavy atom. The molecule has 154 valence electrons. The van der Waals surface area contributed by atoms with Gasteiger partial charge in [-0.3, -0.25) is 9.59 Å². The van der Waals surface area contributed by atoms with Gasteiger partial charge in [0.15, 0.2) is 11.5 Å². The van der Waals surface area contributed by atoms with Gasteiger partial charge in [0, 0.05) is 22.7 Å². The van der Waals surface area contributed by atoms with E-state index in [-0.39, 0.29) is 23.8 Å². The van der Waals surface area contributed by atoms with Crippen molar-refractivity contribution < 1.29 is 27.9 Å². The number of ether oxygens (including phenoxy) is 2. The van der Waals surface area contributed by atoms with Crippen molar-refractivity contribution in [1.82, 2.24) is 0 Å². The van der Waals surface area contributed by atoms with Crippen LogP contribution in [-0.4, -0.2) is 18.6 Å². The normalized spacial score (nSPS) is 12.0. The van der Waals surface area contributed by atoms with Crippen molar-refractivity contribution in [2.75, 3.05) is 17.4 Å². The zero-order valence-electron chi connectivity index (χ0n) is 16.0. The van der Waals surface area contributed by atoms with E-state index in [0.717, 1.165) is 0 Å². The van der Waals surface area contributed by atoms with E-state index in [0.29, 0.717) is 28.2 Å². The van der Waals surface area contributed by atoms with Gasteiger partial charge in [-0.1, -0.05) is 12.1 Å². The molecule has 0 spiro atoms. The standard InChI is InChI=1S/C23H15FN2O5/c24-14-7-5-13(6-8-14)22(27)26-20-16-3-1-2-4-17(16)31-21(20)23(28)25-15-9-10-18-19(11-15)30-12-29-18/h1-11H,12H2,(H,25,28)(H,26,27). The molecule has 0 radical (unpaired) electrons. The highest BCUT2D eigenvalue weighted by molar-refractivity contribution is 6.16. The molecule has 2 N–H and O–H groups in total. The molecular formula is C23H15FN2O5. The van der Waals surface area contributed by atoms with Crippen LogP contribution in [-0.2, 0) is 0 Å². The lowest BCUT2D eigenvalue weighted by atomic mass is 10.1. The molecule has 2 amide bonds. The van der Waals surface area contributed by atoms with E-state index in [1.807, 2.05) is 0 Å². The number of para-hydroxylation sites is 1. The predicted molar refractivity (Wildman–Crippen MR) is 111 cm³/mol.